The van der Waals surface area contributed by atoms with Gasteiger partial charge in [0.15, 0.2) is 0 Å². The van der Waals surface area contributed by atoms with Gasteiger partial charge in [0.05, 0.1) is 0 Å². The van der Waals surface area contributed by atoms with Gasteiger partial charge in [-0.25, -0.2) is 0 Å². The second-order valence-electron chi connectivity index (χ2n) is 0. The first-order valence-corrected chi connectivity index (χ1v) is 0. The van der Waals surface area contributed by atoms with E-state index in [-0.39, 0.29) is 102 Å². The zero-order chi connectivity index (χ0) is 0. The Hall–Kier alpha value is 1.65. The summed E-state index contributed by atoms with van der Waals surface area (Å²) in [5.41, 5.74) is 0. The number of hydrogen-bond donors (Lipinski definition) is 0. The van der Waals surface area contributed by atoms with Crippen molar-refractivity contribution in [2.45, 2.75) is 0 Å². The third-order valence-corrected chi connectivity index (χ3v) is 0. The van der Waals surface area contributed by atoms with Crippen molar-refractivity contribution < 1.29 is 102 Å². The van der Waals surface area contributed by atoms with Gasteiger partial charge < -0.3 is 50.7 Å². The molecule has 0 aromatic carbocycles. The standard InChI is InChI=1S/ClH.K.7H2O/h1H;;7*1H2/q;+1;;;;;;;/p-1. The predicted octanol–water partition coefficient (Wildman–Crippen LogP) is -11.8. The summed E-state index contributed by atoms with van der Waals surface area (Å²) in [5, 5.41) is 0. The molecule has 0 bridgehead atoms. The van der Waals surface area contributed by atoms with Gasteiger partial charge in [0.25, 0.3) is 0 Å². The van der Waals surface area contributed by atoms with Crippen molar-refractivity contribution in [2.75, 3.05) is 0 Å². The summed E-state index contributed by atoms with van der Waals surface area (Å²) in [6.45, 7) is 0. The SMILES string of the molecule is O.O.O.O.O.O.O.[Cl-].[K+]. The van der Waals surface area contributed by atoms with Gasteiger partial charge >= 0.3 is 51.4 Å². The maximum absolute atomic E-state index is 0. The molecule has 0 aliphatic heterocycles. The smallest absolute Gasteiger partial charge is 1.00 e. The van der Waals surface area contributed by atoms with Gasteiger partial charge in [-0.1, -0.05) is 0 Å². The predicted molar refractivity (Wildman–Crippen MR) is 25.3 cm³/mol. The Balaban J connectivity index is 0. The van der Waals surface area contributed by atoms with Crippen LogP contribution in [0.1, 0.15) is 0 Å². The maximum atomic E-state index is 0. The van der Waals surface area contributed by atoms with E-state index >= 15 is 0 Å². The third kappa shape index (κ3) is 208. The molecule has 0 radical (unpaired) electrons. The molecule has 64 valence electrons. The van der Waals surface area contributed by atoms with E-state index in [0.29, 0.717) is 0 Å². The van der Waals surface area contributed by atoms with Crippen molar-refractivity contribution in [3.8, 4) is 0 Å². The summed E-state index contributed by atoms with van der Waals surface area (Å²) >= 11 is 0. The molecule has 0 saturated heterocycles. The van der Waals surface area contributed by atoms with E-state index < -0.39 is 0 Å². The molecular formula is H14ClKO7. The fourth-order valence-electron chi connectivity index (χ4n) is 0. The van der Waals surface area contributed by atoms with E-state index in [2.05, 4.69) is 0 Å². The van der Waals surface area contributed by atoms with E-state index in [1.807, 2.05) is 0 Å². The average Bonchev–Trinajstić information content (AvgIpc) is 0. The molecule has 0 fully saturated rings. The van der Waals surface area contributed by atoms with Crippen LogP contribution in [0.4, 0.5) is 0 Å². The zero-order valence-electron chi connectivity index (χ0n) is 4.88. The van der Waals surface area contributed by atoms with E-state index in [1.165, 1.54) is 0 Å². The van der Waals surface area contributed by atoms with Crippen molar-refractivity contribution in [3.05, 3.63) is 0 Å². The summed E-state index contributed by atoms with van der Waals surface area (Å²) in [4.78, 5) is 0. The molecular weight excluding hydrogens is 187 g/mol. The number of rotatable bonds is 0. The van der Waals surface area contributed by atoms with Crippen LogP contribution in [0.2, 0.25) is 0 Å². The summed E-state index contributed by atoms with van der Waals surface area (Å²) < 4.78 is 0. The van der Waals surface area contributed by atoms with Crippen molar-refractivity contribution in [2.24, 2.45) is 0 Å². The molecule has 0 atom stereocenters. The largest absolute Gasteiger partial charge is 1.00 e. The van der Waals surface area contributed by atoms with Gasteiger partial charge in [-0.2, -0.15) is 0 Å². The van der Waals surface area contributed by atoms with Crippen LogP contribution in [-0.4, -0.2) is 38.3 Å². The minimum absolute atomic E-state index is 0. The Morgan fingerprint density at radius 2 is 0.333 bits per heavy atom. The van der Waals surface area contributed by atoms with Gasteiger partial charge in [-0.15, -0.1) is 0 Å². The van der Waals surface area contributed by atoms with Gasteiger partial charge in [0, 0.05) is 0 Å². The van der Waals surface area contributed by atoms with Crippen LogP contribution in [-0.2, 0) is 0 Å². The Labute approximate surface area is 101 Å². The van der Waals surface area contributed by atoms with Crippen molar-refractivity contribution >= 4 is 0 Å². The van der Waals surface area contributed by atoms with Gasteiger partial charge in [-0.3, -0.25) is 0 Å². The van der Waals surface area contributed by atoms with E-state index in [0.717, 1.165) is 0 Å². The topological polar surface area (TPSA) is 220 Å². The summed E-state index contributed by atoms with van der Waals surface area (Å²) in [6.07, 6.45) is 0. The van der Waals surface area contributed by atoms with E-state index in [1.54, 1.807) is 0 Å². The Morgan fingerprint density at radius 3 is 0.333 bits per heavy atom. The van der Waals surface area contributed by atoms with Crippen LogP contribution in [0.25, 0.3) is 0 Å². The molecule has 0 heterocycles. The quantitative estimate of drug-likeness (QED) is 0.332. The van der Waals surface area contributed by atoms with Gasteiger partial charge in [0.2, 0.25) is 0 Å². The number of halogens is 1. The fraction of sp³-hybridized carbons (Fsp3) is 0. The van der Waals surface area contributed by atoms with Crippen LogP contribution in [0, 0.1) is 0 Å². The van der Waals surface area contributed by atoms with E-state index in [4.69, 9.17) is 0 Å². The van der Waals surface area contributed by atoms with Crippen LogP contribution < -0.4 is 63.8 Å². The van der Waals surface area contributed by atoms with Crippen molar-refractivity contribution in [1.82, 2.24) is 0 Å². The van der Waals surface area contributed by atoms with Gasteiger partial charge in [0.1, 0.15) is 0 Å². The first kappa shape index (κ1) is 365. The molecule has 14 N–H and O–H groups in total. The van der Waals surface area contributed by atoms with Crippen LogP contribution in [0.15, 0.2) is 0 Å². The summed E-state index contributed by atoms with van der Waals surface area (Å²) in [7, 11) is 0. The first-order chi connectivity index (χ1) is 0. The normalized spacial score (nSPS) is 0. The first-order valence-electron chi connectivity index (χ1n) is 0. The molecule has 0 amide bonds. The number of hydrogen-bond acceptors (Lipinski definition) is 0. The summed E-state index contributed by atoms with van der Waals surface area (Å²) in [5.74, 6) is 0. The average molecular weight is 201 g/mol. The Bertz CT molecular complexity index is 8.88. The Morgan fingerprint density at radius 1 is 0.333 bits per heavy atom. The molecule has 0 aliphatic rings. The zero-order valence-corrected chi connectivity index (χ0v) is 8.76. The van der Waals surface area contributed by atoms with Gasteiger partial charge in [-0.05, 0) is 0 Å². The molecule has 0 unspecified atom stereocenters. The summed E-state index contributed by atoms with van der Waals surface area (Å²) in [6, 6.07) is 0. The maximum Gasteiger partial charge on any atom is 1.00 e. The molecule has 9 heteroatoms. The second kappa shape index (κ2) is 266. The molecule has 0 aliphatic carbocycles. The second-order valence-corrected chi connectivity index (χ2v) is 0. The third-order valence-electron chi connectivity index (χ3n) is 0. The monoisotopic (exact) mass is 200 g/mol. The van der Waals surface area contributed by atoms with Crippen LogP contribution >= 0.6 is 0 Å². The molecule has 0 aromatic heterocycles. The minimum Gasteiger partial charge on any atom is -1.00 e. The minimum atomic E-state index is 0. The Kier molecular flexibility index (Phi) is 10800. The molecule has 9 heavy (non-hydrogen) atoms. The van der Waals surface area contributed by atoms with E-state index in [9.17, 15) is 0 Å². The molecule has 7 nitrogen and oxygen atoms in total. The molecule has 0 rings (SSSR count). The van der Waals surface area contributed by atoms with Crippen molar-refractivity contribution in [3.63, 3.8) is 0 Å². The van der Waals surface area contributed by atoms with Crippen LogP contribution in [0.5, 0.6) is 0 Å². The molecule has 0 saturated carbocycles. The molecule has 0 spiro atoms. The fourth-order valence-corrected chi connectivity index (χ4v) is 0. The molecule has 0 aromatic rings. The van der Waals surface area contributed by atoms with Crippen LogP contribution in [0.3, 0.4) is 0 Å². The van der Waals surface area contributed by atoms with Crippen molar-refractivity contribution in [1.29, 1.82) is 0 Å².